The van der Waals surface area contributed by atoms with Crippen molar-refractivity contribution in [3.63, 3.8) is 0 Å². The molecule has 0 bridgehead atoms. The third-order valence-electron chi connectivity index (χ3n) is 17.2. The van der Waals surface area contributed by atoms with E-state index in [-0.39, 0.29) is 54.4 Å². The number of para-hydroxylation sites is 1. The number of aryl methyl sites for hydroxylation is 1. The van der Waals surface area contributed by atoms with Gasteiger partial charge in [0.1, 0.15) is 23.5 Å². The highest BCUT2D eigenvalue weighted by molar-refractivity contribution is 7.13. The molecule has 10 rings (SSSR count). The Morgan fingerprint density at radius 3 is 2.23 bits per heavy atom. The number of hydrogen-bond donors (Lipinski definition) is 7. The van der Waals surface area contributed by atoms with Crippen LogP contribution < -0.4 is 27.4 Å². The summed E-state index contributed by atoms with van der Waals surface area (Å²) in [5.41, 5.74) is 23.6. The fourth-order valence-corrected chi connectivity index (χ4v) is 12.8. The number of ether oxygens (including phenoxy) is 1. The number of aliphatic hydroxyl groups is 2. The number of nitrogens with one attached hydrogen (secondary N) is 1. The van der Waals surface area contributed by atoms with E-state index < -0.39 is 18.1 Å². The number of phenols is 1. The first-order chi connectivity index (χ1) is 38.1. The zero-order valence-electron chi connectivity index (χ0n) is 46.6. The lowest BCUT2D eigenvalue weighted by atomic mass is 9.86. The van der Waals surface area contributed by atoms with Crippen molar-refractivity contribution in [2.45, 2.75) is 153 Å². The SMILES string of the molecule is Cc1ncsc1-c1ccc(C(C)NC(=O)C2C[C@@H](O)CN2C(=O)C(c2cc(N3CCC(CN4CCC(OC5CC(N6CCC(O)CC6)C5)CC4)CC3)no2)C(C)C)cc1.NC(N)=C(C#CC1CCC1)/C=C(\N)c1ccccc1O. The van der Waals surface area contributed by atoms with Crippen LogP contribution >= 0.6 is 11.3 Å². The standard InChI is InChI=1S/C45H65N7O6S.C16H19N3O/c1-28(2)42(45(56)52-26-36(54)23-39(52)44(55)47-29(3)32-5-7-33(8-6-32)43-30(4)46-27-59-43)40-24-41(48-58-40)51-17-9-31(10-18-51)25-49-15-13-37(14-16-49)57-38-21-34(22-38)50-19-11-35(53)12-20-50;17-14(13-6-1-2-7-15(13)20)10-12(16(18)19)9-8-11-4-3-5-11/h5-8,24,27-29,31,34-39,42,53-54H,9-23,25-26H2,1-4H3,(H,47,55);1-2,6-7,10-11,20H,3-5,17-19H2/b;14-10-/t29?,34?,36-,38?,39?,42?;/m1./s1. The predicted octanol–water partition coefficient (Wildman–Crippen LogP) is 6.99. The van der Waals surface area contributed by atoms with Crippen LogP contribution in [0.25, 0.3) is 16.1 Å². The number of anilines is 1. The molecular formula is C61H84N10O7S. The van der Waals surface area contributed by atoms with Crippen molar-refractivity contribution in [1.29, 1.82) is 0 Å². The summed E-state index contributed by atoms with van der Waals surface area (Å²) in [4.78, 5) is 42.5. The number of nitrogens with zero attached hydrogens (tertiary/aromatic N) is 6. The Hall–Kier alpha value is -5.94. The molecule has 0 spiro atoms. The second-order valence-electron chi connectivity index (χ2n) is 23.3. The first-order valence-corrected chi connectivity index (χ1v) is 29.8. The summed E-state index contributed by atoms with van der Waals surface area (Å²) < 4.78 is 12.4. The van der Waals surface area contributed by atoms with Gasteiger partial charge >= 0.3 is 0 Å². The fourth-order valence-electron chi connectivity index (χ4n) is 12.0. The maximum absolute atomic E-state index is 14.3. The number of carbonyl (C=O) groups excluding carboxylic acids is 2. The van der Waals surface area contributed by atoms with E-state index in [9.17, 15) is 24.9 Å². The number of rotatable bonds is 15. The van der Waals surface area contributed by atoms with Gasteiger partial charge in [0, 0.05) is 88.1 Å². The predicted molar refractivity (Wildman–Crippen MR) is 309 cm³/mol. The molecule has 6 aliphatic rings. The molecule has 4 atom stereocenters. The molecule has 4 saturated heterocycles. The van der Waals surface area contributed by atoms with Crippen molar-refractivity contribution in [2.24, 2.45) is 35.0 Å². The molecule has 0 radical (unpaired) electrons. The number of likely N-dealkylation sites (tertiary alicyclic amines) is 3. The largest absolute Gasteiger partial charge is 0.507 e. The number of β-amino-alcohol motifs (C(OH)–C–C–N with tert-alkyl or cyclic N) is 1. The van der Waals surface area contributed by atoms with Crippen LogP contribution in [0.4, 0.5) is 5.82 Å². The molecule has 10 N–H and O–H groups in total. The molecule has 426 valence electrons. The third kappa shape index (κ3) is 14.7. The molecule has 6 fully saturated rings. The molecule has 2 aromatic heterocycles. The van der Waals surface area contributed by atoms with Gasteiger partial charge in [-0.05, 0) is 119 Å². The van der Waals surface area contributed by atoms with Crippen LogP contribution in [0.15, 0.2) is 82.1 Å². The summed E-state index contributed by atoms with van der Waals surface area (Å²) in [5.74, 6) is 7.47. The summed E-state index contributed by atoms with van der Waals surface area (Å²) in [6.07, 6.45) is 13.6. The molecule has 4 aliphatic heterocycles. The van der Waals surface area contributed by atoms with Crippen LogP contribution in [0.5, 0.6) is 5.75 Å². The lowest BCUT2D eigenvalue weighted by molar-refractivity contribution is -0.141. The van der Waals surface area contributed by atoms with Gasteiger partial charge in [-0.15, -0.1) is 11.3 Å². The Balaban J connectivity index is 0.000000318. The highest BCUT2D eigenvalue weighted by Crippen LogP contribution is 2.36. The molecule has 6 heterocycles. The van der Waals surface area contributed by atoms with Crippen LogP contribution in [0.1, 0.15) is 132 Å². The van der Waals surface area contributed by atoms with E-state index in [4.69, 9.17) is 26.5 Å². The lowest BCUT2D eigenvalue weighted by Crippen LogP contribution is -2.52. The molecule has 3 unspecified atom stereocenters. The van der Waals surface area contributed by atoms with Gasteiger partial charge in [0.25, 0.3) is 0 Å². The van der Waals surface area contributed by atoms with Crippen LogP contribution in [0.2, 0.25) is 0 Å². The van der Waals surface area contributed by atoms with Gasteiger partial charge in [0.05, 0.1) is 52.1 Å². The summed E-state index contributed by atoms with van der Waals surface area (Å²) in [6, 6.07) is 16.4. The second kappa shape index (κ2) is 26.6. The number of nitrogens with two attached hydrogens (primary N) is 3. The number of hydrogen-bond acceptors (Lipinski definition) is 16. The average Bonchev–Trinajstić information content (AvgIpc) is 4.20. The number of aromatic nitrogens is 2. The van der Waals surface area contributed by atoms with Crippen molar-refractivity contribution in [3.05, 3.63) is 100 Å². The highest BCUT2D eigenvalue weighted by Gasteiger charge is 2.44. The maximum Gasteiger partial charge on any atom is 0.243 e. The summed E-state index contributed by atoms with van der Waals surface area (Å²) in [5, 5.41) is 37.9. The Kier molecular flexibility index (Phi) is 19.4. The molecule has 2 amide bonds. The van der Waals surface area contributed by atoms with Crippen LogP contribution in [0.3, 0.4) is 0 Å². The minimum absolute atomic E-state index is 0.101. The second-order valence-corrected chi connectivity index (χ2v) is 24.1. The van der Waals surface area contributed by atoms with Crippen molar-refractivity contribution in [1.82, 2.24) is 30.2 Å². The first kappa shape index (κ1) is 57.7. The normalized spacial score (nSPS) is 23.7. The Bertz CT molecular complexity index is 2780. The molecule has 79 heavy (non-hydrogen) atoms. The monoisotopic (exact) mass is 1100 g/mol. The minimum Gasteiger partial charge on any atom is -0.507 e. The van der Waals surface area contributed by atoms with Gasteiger partial charge in [0.15, 0.2) is 11.6 Å². The Morgan fingerprint density at radius 2 is 1.59 bits per heavy atom. The van der Waals surface area contributed by atoms with Gasteiger partial charge in [-0.1, -0.05) is 73.7 Å². The highest BCUT2D eigenvalue weighted by atomic mass is 32.1. The van der Waals surface area contributed by atoms with Crippen LogP contribution in [-0.2, 0) is 14.3 Å². The van der Waals surface area contributed by atoms with Gasteiger partial charge in [-0.3, -0.25) is 14.5 Å². The summed E-state index contributed by atoms with van der Waals surface area (Å²) in [6.45, 7) is 15.1. The Morgan fingerprint density at radius 1 is 0.886 bits per heavy atom. The van der Waals surface area contributed by atoms with E-state index in [1.54, 1.807) is 46.6 Å². The zero-order valence-corrected chi connectivity index (χ0v) is 47.5. The fraction of sp³-hybridized carbons (Fsp3) is 0.574. The minimum atomic E-state index is -0.784. The van der Waals surface area contributed by atoms with E-state index in [0.717, 1.165) is 138 Å². The maximum atomic E-state index is 14.3. The number of thiazole rings is 1. The molecule has 17 nitrogen and oxygen atoms in total. The van der Waals surface area contributed by atoms with E-state index in [1.807, 2.05) is 63.5 Å². The van der Waals surface area contributed by atoms with Gasteiger partial charge in [-0.25, -0.2) is 4.98 Å². The summed E-state index contributed by atoms with van der Waals surface area (Å²) in [7, 11) is 0. The van der Waals surface area contributed by atoms with E-state index in [0.29, 0.717) is 52.7 Å². The molecule has 4 aromatic rings. The number of aliphatic hydroxyl groups excluding tert-OH is 2. The zero-order chi connectivity index (χ0) is 55.7. The topological polar surface area (TPSA) is 246 Å². The van der Waals surface area contributed by atoms with Crippen molar-refractivity contribution < 1.29 is 34.2 Å². The lowest BCUT2D eigenvalue weighted by Gasteiger charge is -2.46. The number of piperidine rings is 3. The van der Waals surface area contributed by atoms with E-state index in [2.05, 4.69) is 42.0 Å². The van der Waals surface area contributed by atoms with E-state index >= 15 is 0 Å². The number of allylic oxidation sites excluding steroid dienone is 2. The quantitative estimate of drug-likeness (QED) is 0.0468. The van der Waals surface area contributed by atoms with Crippen LogP contribution in [-0.4, -0.2) is 141 Å². The molecule has 2 aromatic carbocycles. The van der Waals surface area contributed by atoms with Gasteiger partial charge < -0.3 is 61.8 Å². The number of benzene rings is 2. The Labute approximate surface area is 470 Å². The van der Waals surface area contributed by atoms with Gasteiger partial charge in [0.2, 0.25) is 11.8 Å². The smallest absolute Gasteiger partial charge is 0.243 e. The number of phenolic OH excluding ortho intramolecular Hbond substituents is 1. The number of carbonyl (C=O) groups is 2. The summed E-state index contributed by atoms with van der Waals surface area (Å²) >= 11 is 1.61. The van der Waals surface area contributed by atoms with Crippen molar-refractivity contribution >= 4 is 34.7 Å². The van der Waals surface area contributed by atoms with Crippen molar-refractivity contribution in [2.75, 3.05) is 57.3 Å². The molecule has 2 saturated carbocycles. The van der Waals surface area contributed by atoms with E-state index in [1.165, 1.54) is 6.42 Å². The third-order valence-corrected chi connectivity index (χ3v) is 18.2. The molecular weight excluding hydrogens is 1020 g/mol. The average molecular weight is 1100 g/mol. The van der Waals surface area contributed by atoms with Crippen LogP contribution in [0, 0.1) is 36.5 Å². The van der Waals surface area contributed by atoms with Crippen molar-refractivity contribution in [3.8, 4) is 28.0 Å². The molecule has 2 aliphatic carbocycles. The molecule has 18 heteroatoms. The van der Waals surface area contributed by atoms with Gasteiger partial charge in [-0.2, -0.15) is 0 Å². The first-order valence-electron chi connectivity index (χ1n) is 28.9. The number of aromatic hydroxyl groups is 1. The number of amides is 2.